The normalized spacial score (nSPS) is 11.7. The zero-order valence-corrected chi connectivity index (χ0v) is 13.2. The van der Waals surface area contributed by atoms with E-state index in [0.29, 0.717) is 0 Å². The molecule has 0 N–H and O–H groups in total. The van der Waals surface area contributed by atoms with E-state index >= 15 is 0 Å². The average molecular weight is 293 g/mol. The molecule has 0 unspecified atom stereocenters. The van der Waals surface area contributed by atoms with Crippen LogP contribution in [0.4, 0.5) is 0 Å². The maximum absolute atomic E-state index is 6.24. The molecule has 0 aliphatic rings. The molecule has 2 aromatic carbocycles. The van der Waals surface area contributed by atoms with Crippen molar-refractivity contribution in [3.05, 3.63) is 68.7 Å². The highest BCUT2D eigenvalue weighted by Gasteiger charge is 2.24. The van der Waals surface area contributed by atoms with Gasteiger partial charge in [-0.3, -0.25) is 0 Å². The van der Waals surface area contributed by atoms with Gasteiger partial charge in [-0.25, -0.2) is 0 Å². The third-order valence-electron chi connectivity index (χ3n) is 3.79. The van der Waals surface area contributed by atoms with E-state index in [9.17, 15) is 0 Å². The van der Waals surface area contributed by atoms with Crippen LogP contribution in [0.2, 0.25) is 10.0 Å². The summed E-state index contributed by atoms with van der Waals surface area (Å²) in [6.07, 6.45) is 0. The van der Waals surface area contributed by atoms with Gasteiger partial charge in [0.2, 0.25) is 0 Å². The van der Waals surface area contributed by atoms with Crippen molar-refractivity contribution in [3.63, 3.8) is 0 Å². The summed E-state index contributed by atoms with van der Waals surface area (Å²) >= 11 is 12.5. The Morgan fingerprint density at radius 1 is 0.737 bits per heavy atom. The van der Waals surface area contributed by atoms with Gasteiger partial charge >= 0.3 is 0 Å². The first kappa shape index (κ1) is 14.4. The second-order valence-electron chi connectivity index (χ2n) is 5.55. The lowest BCUT2D eigenvalue weighted by Gasteiger charge is -2.27. The fourth-order valence-corrected chi connectivity index (χ4v) is 2.49. The summed E-state index contributed by atoms with van der Waals surface area (Å²) in [5.41, 5.74) is 4.48. The highest BCUT2D eigenvalue weighted by molar-refractivity contribution is 6.31. The van der Waals surface area contributed by atoms with E-state index in [-0.39, 0.29) is 5.41 Å². The number of hydrogen-bond donors (Lipinski definition) is 0. The SMILES string of the molecule is Cc1ccc(C(C)(C)c2ccc(C)c(Cl)c2)cc1Cl. The van der Waals surface area contributed by atoms with Crippen LogP contribution in [0.3, 0.4) is 0 Å². The molecule has 0 aliphatic heterocycles. The Balaban J connectivity index is 2.51. The fourth-order valence-electron chi connectivity index (χ4n) is 2.13. The van der Waals surface area contributed by atoms with Gasteiger partial charge in [0.1, 0.15) is 0 Å². The molecule has 0 saturated heterocycles. The lowest BCUT2D eigenvalue weighted by molar-refractivity contribution is 0.640. The standard InChI is InChI=1S/C17H18Cl2/c1-11-5-7-13(9-15(11)18)17(3,4)14-8-6-12(2)16(19)10-14/h5-10H,1-4H3. The van der Waals surface area contributed by atoms with Crippen molar-refractivity contribution in [1.29, 1.82) is 0 Å². The molecule has 0 nitrogen and oxygen atoms in total. The molecular formula is C17H18Cl2. The van der Waals surface area contributed by atoms with Crippen LogP contribution in [0.1, 0.15) is 36.1 Å². The highest BCUT2D eigenvalue weighted by atomic mass is 35.5. The molecule has 0 spiro atoms. The summed E-state index contributed by atoms with van der Waals surface area (Å²) in [6.45, 7) is 8.41. The van der Waals surface area contributed by atoms with Gasteiger partial charge in [0.05, 0.1) is 0 Å². The Morgan fingerprint density at radius 2 is 1.11 bits per heavy atom. The molecule has 2 aromatic rings. The van der Waals surface area contributed by atoms with Gasteiger partial charge in [0.25, 0.3) is 0 Å². The summed E-state index contributed by atoms with van der Waals surface area (Å²) in [7, 11) is 0. The van der Waals surface area contributed by atoms with E-state index < -0.39 is 0 Å². The van der Waals surface area contributed by atoms with E-state index in [0.717, 1.165) is 21.2 Å². The Labute approximate surface area is 125 Å². The van der Waals surface area contributed by atoms with Crippen molar-refractivity contribution in [2.75, 3.05) is 0 Å². The first-order chi connectivity index (χ1) is 8.82. The van der Waals surface area contributed by atoms with Crippen molar-refractivity contribution in [2.45, 2.75) is 33.1 Å². The monoisotopic (exact) mass is 292 g/mol. The third-order valence-corrected chi connectivity index (χ3v) is 4.60. The smallest absolute Gasteiger partial charge is 0.0438 e. The van der Waals surface area contributed by atoms with Crippen LogP contribution >= 0.6 is 23.2 Å². The molecule has 2 heteroatoms. The average Bonchev–Trinajstić information content (AvgIpc) is 2.35. The number of rotatable bonds is 2. The van der Waals surface area contributed by atoms with Crippen molar-refractivity contribution in [1.82, 2.24) is 0 Å². The van der Waals surface area contributed by atoms with Crippen LogP contribution in [-0.2, 0) is 5.41 Å². The summed E-state index contributed by atoms with van der Waals surface area (Å²) in [5, 5.41) is 1.62. The maximum atomic E-state index is 6.24. The summed E-state index contributed by atoms with van der Waals surface area (Å²) in [5.74, 6) is 0. The topological polar surface area (TPSA) is 0 Å². The van der Waals surface area contributed by atoms with Gasteiger partial charge in [0.15, 0.2) is 0 Å². The first-order valence-electron chi connectivity index (χ1n) is 6.35. The summed E-state index contributed by atoms with van der Waals surface area (Å²) in [6, 6.07) is 12.5. The molecule has 0 heterocycles. The van der Waals surface area contributed by atoms with Gasteiger partial charge in [-0.05, 0) is 48.2 Å². The minimum Gasteiger partial charge on any atom is -0.0840 e. The molecule has 0 fully saturated rings. The minimum absolute atomic E-state index is 0.116. The van der Waals surface area contributed by atoms with Crippen molar-refractivity contribution in [3.8, 4) is 0 Å². The predicted octanol–water partition coefficient (Wildman–Crippen LogP) is 5.94. The number of halogens is 2. The molecule has 100 valence electrons. The van der Waals surface area contributed by atoms with Gasteiger partial charge in [-0.1, -0.05) is 61.3 Å². The fraction of sp³-hybridized carbons (Fsp3) is 0.294. The van der Waals surface area contributed by atoms with Crippen LogP contribution in [0.25, 0.3) is 0 Å². The lowest BCUT2D eigenvalue weighted by Crippen LogP contribution is -2.19. The van der Waals surface area contributed by atoms with Crippen LogP contribution in [0.5, 0.6) is 0 Å². The lowest BCUT2D eigenvalue weighted by atomic mass is 9.78. The van der Waals surface area contributed by atoms with Crippen molar-refractivity contribution < 1.29 is 0 Å². The molecule has 0 bridgehead atoms. The van der Waals surface area contributed by atoms with Gasteiger partial charge in [-0.2, -0.15) is 0 Å². The van der Waals surface area contributed by atoms with E-state index in [1.807, 2.05) is 26.0 Å². The highest BCUT2D eigenvalue weighted by Crippen LogP contribution is 2.35. The van der Waals surface area contributed by atoms with Crippen molar-refractivity contribution in [2.24, 2.45) is 0 Å². The summed E-state index contributed by atoms with van der Waals surface area (Å²) < 4.78 is 0. The van der Waals surface area contributed by atoms with Crippen molar-refractivity contribution >= 4 is 23.2 Å². The van der Waals surface area contributed by atoms with Gasteiger partial charge < -0.3 is 0 Å². The van der Waals surface area contributed by atoms with Crippen LogP contribution in [0, 0.1) is 13.8 Å². The minimum atomic E-state index is -0.116. The number of benzene rings is 2. The quantitative estimate of drug-likeness (QED) is 0.643. The second-order valence-corrected chi connectivity index (χ2v) is 6.37. The second kappa shape index (κ2) is 5.19. The summed E-state index contributed by atoms with van der Waals surface area (Å²) in [4.78, 5) is 0. The molecule has 0 radical (unpaired) electrons. The molecule has 0 saturated carbocycles. The third kappa shape index (κ3) is 2.80. The Bertz CT molecular complexity index is 559. The van der Waals surface area contributed by atoms with Gasteiger partial charge in [0, 0.05) is 15.5 Å². The maximum Gasteiger partial charge on any atom is 0.0438 e. The molecule has 19 heavy (non-hydrogen) atoms. The number of aryl methyl sites for hydroxylation is 2. The Morgan fingerprint density at radius 3 is 1.42 bits per heavy atom. The molecule has 2 rings (SSSR count). The van der Waals surface area contributed by atoms with E-state index in [1.165, 1.54) is 11.1 Å². The molecule has 0 atom stereocenters. The van der Waals surface area contributed by atoms with Crippen LogP contribution < -0.4 is 0 Å². The zero-order chi connectivity index (χ0) is 14.2. The first-order valence-corrected chi connectivity index (χ1v) is 7.11. The Kier molecular flexibility index (Phi) is 3.94. The van der Waals surface area contributed by atoms with Gasteiger partial charge in [-0.15, -0.1) is 0 Å². The van der Waals surface area contributed by atoms with E-state index in [4.69, 9.17) is 23.2 Å². The molecule has 0 aromatic heterocycles. The molecule has 0 amide bonds. The zero-order valence-electron chi connectivity index (χ0n) is 11.7. The van der Waals surface area contributed by atoms with Crippen LogP contribution in [-0.4, -0.2) is 0 Å². The van der Waals surface area contributed by atoms with E-state index in [1.54, 1.807) is 0 Å². The Hall–Kier alpha value is -0.980. The van der Waals surface area contributed by atoms with E-state index in [2.05, 4.69) is 38.1 Å². The number of hydrogen-bond acceptors (Lipinski definition) is 0. The largest absolute Gasteiger partial charge is 0.0840 e. The molecular weight excluding hydrogens is 275 g/mol. The predicted molar refractivity (Wildman–Crippen MR) is 84.5 cm³/mol. The van der Waals surface area contributed by atoms with Crippen LogP contribution in [0.15, 0.2) is 36.4 Å². The molecule has 0 aliphatic carbocycles.